The van der Waals surface area contributed by atoms with Crippen LogP contribution in [0.15, 0.2) is 251 Å². The number of furan rings is 2. The Balaban J connectivity index is 0.842. The maximum absolute atomic E-state index is 6.75. The average Bonchev–Trinajstić information content (AvgIpc) is 3.95. The first-order chi connectivity index (χ1) is 33.7. The number of nitrogens with zero attached hydrogens (tertiary/aromatic N) is 2. The highest BCUT2D eigenvalue weighted by atomic mass is 16.5. The van der Waals surface area contributed by atoms with Crippen molar-refractivity contribution in [3.63, 3.8) is 0 Å². The molecule has 2 aromatic heterocycles. The van der Waals surface area contributed by atoms with Crippen LogP contribution in [0, 0.1) is 0 Å². The lowest BCUT2D eigenvalue weighted by atomic mass is 10.0. The molecule has 0 N–H and O–H groups in total. The molecule has 0 aliphatic carbocycles. The smallest absolute Gasteiger partial charge is 0.143 e. The van der Waals surface area contributed by atoms with E-state index >= 15 is 0 Å². The molecular formula is C62H40N2O4. The van der Waals surface area contributed by atoms with Gasteiger partial charge in [0.05, 0.1) is 0 Å². The number of anilines is 6. The van der Waals surface area contributed by atoms with Gasteiger partial charge in [0.1, 0.15) is 45.3 Å². The predicted molar refractivity (Wildman–Crippen MR) is 278 cm³/mol. The number of ether oxygens (including phenoxy) is 2. The Morgan fingerprint density at radius 3 is 1.00 bits per heavy atom. The van der Waals surface area contributed by atoms with Crippen molar-refractivity contribution in [1.82, 2.24) is 0 Å². The van der Waals surface area contributed by atoms with E-state index in [0.717, 1.165) is 123 Å². The minimum Gasteiger partial charge on any atom is -0.457 e. The second-order valence-electron chi connectivity index (χ2n) is 16.9. The fourth-order valence-corrected chi connectivity index (χ4v) is 9.49. The summed E-state index contributed by atoms with van der Waals surface area (Å²) in [5.41, 5.74) is 9.52. The monoisotopic (exact) mass is 876 g/mol. The molecule has 0 fully saturated rings. The fourth-order valence-electron chi connectivity index (χ4n) is 9.49. The summed E-state index contributed by atoms with van der Waals surface area (Å²) in [5, 5.41) is 8.50. The van der Waals surface area contributed by atoms with E-state index in [1.807, 2.05) is 97.1 Å². The summed E-state index contributed by atoms with van der Waals surface area (Å²) in [6.45, 7) is 0. The first-order valence-electron chi connectivity index (χ1n) is 22.7. The molecule has 6 nitrogen and oxygen atoms in total. The second-order valence-corrected chi connectivity index (χ2v) is 16.9. The molecule has 0 unspecified atom stereocenters. The summed E-state index contributed by atoms with van der Waals surface area (Å²) < 4.78 is 25.7. The second kappa shape index (κ2) is 16.3. The van der Waals surface area contributed by atoms with Gasteiger partial charge in [-0.1, -0.05) is 84.9 Å². The van der Waals surface area contributed by atoms with E-state index in [9.17, 15) is 0 Å². The zero-order valence-electron chi connectivity index (χ0n) is 36.6. The number of hydrogen-bond donors (Lipinski definition) is 0. The summed E-state index contributed by atoms with van der Waals surface area (Å²) in [6.07, 6.45) is 0. The third-order valence-corrected chi connectivity index (χ3v) is 12.7. The zero-order valence-corrected chi connectivity index (χ0v) is 36.6. The van der Waals surface area contributed by atoms with Crippen LogP contribution in [0.1, 0.15) is 0 Å². The molecule has 2 heterocycles. The van der Waals surface area contributed by atoms with Crippen molar-refractivity contribution >= 4 is 99.5 Å². The molecule has 322 valence electrons. The van der Waals surface area contributed by atoms with E-state index in [0.29, 0.717) is 0 Å². The van der Waals surface area contributed by atoms with Crippen LogP contribution in [-0.4, -0.2) is 0 Å². The van der Waals surface area contributed by atoms with Crippen LogP contribution in [-0.2, 0) is 0 Å². The van der Waals surface area contributed by atoms with Crippen molar-refractivity contribution in [2.45, 2.75) is 0 Å². The van der Waals surface area contributed by atoms with Crippen LogP contribution >= 0.6 is 0 Å². The van der Waals surface area contributed by atoms with Crippen molar-refractivity contribution in [1.29, 1.82) is 0 Å². The van der Waals surface area contributed by atoms with Crippen LogP contribution in [0.5, 0.6) is 23.0 Å². The molecule has 6 heteroatoms. The third-order valence-electron chi connectivity index (χ3n) is 12.7. The molecule has 0 atom stereocenters. The van der Waals surface area contributed by atoms with Gasteiger partial charge < -0.3 is 28.1 Å². The van der Waals surface area contributed by atoms with Gasteiger partial charge in [-0.3, -0.25) is 0 Å². The quantitative estimate of drug-likeness (QED) is 0.136. The lowest BCUT2D eigenvalue weighted by Crippen LogP contribution is -2.09. The minimum atomic E-state index is 0.779. The molecule has 0 saturated carbocycles. The molecule has 0 aliphatic heterocycles. The van der Waals surface area contributed by atoms with E-state index < -0.39 is 0 Å². The Kier molecular flexibility index (Phi) is 9.39. The lowest BCUT2D eigenvalue weighted by molar-refractivity contribution is 0.482. The van der Waals surface area contributed by atoms with Gasteiger partial charge in [-0.2, -0.15) is 0 Å². The van der Waals surface area contributed by atoms with Gasteiger partial charge in [0.2, 0.25) is 0 Å². The number of para-hydroxylation sites is 4. The van der Waals surface area contributed by atoms with Crippen LogP contribution in [0.3, 0.4) is 0 Å². The first-order valence-corrected chi connectivity index (χ1v) is 22.7. The van der Waals surface area contributed by atoms with Crippen LogP contribution < -0.4 is 19.3 Å². The third kappa shape index (κ3) is 7.00. The Hall–Kier alpha value is -9.26. The van der Waals surface area contributed by atoms with E-state index in [-0.39, 0.29) is 0 Å². The summed E-state index contributed by atoms with van der Waals surface area (Å²) in [4.78, 5) is 4.53. The molecule has 0 spiro atoms. The van der Waals surface area contributed by atoms with Gasteiger partial charge in [-0.15, -0.1) is 0 Å². The number of rotatable bonds is 10. The molecule has 11 aromatic carbocycles. The standard InChI is InChI=1S/C62H40N2O4/c1-5-13-43(14-6-1)63(45-23-29-51(30-24-45)65-49-17-9-3-10-18-49)47-27-35-53-41(37-47)21-33-55-57-39-58-56-34-22-42-38-48(28-36-54(42)62(56)68-60(58)40-59(57)67-61(53)55)64(44-15-7-2-8-16-44)46-25-31-52(32-26-46)66-50-19-11-4-12-20-50/h1-40H. The number of benzene rings is 11. The zero-order chi connectivity index (χ0) is 45.0. The van der Waals surface area contributed by atoms with Gasteiger partial charge in [0.25, 0.3) is 0 Å². The molecule has 0 aliphatic rings. The Labute approximate surface area is 391 Å². The SMILES string of the molecule is c1ccc(Oc2ccc(N(c3ccccc3)c3ccc4c(ccc5c6cc7c(cc6oc45)oc4c5ccc(N(c6ccccc6)c6ccc(Oc8ccccc8)cc6)cc5ccc74)c3)cc2)cc1. The first kappa shape index (κ1) is 39.1. The van der Waals surface area contributed by atoms with E-state index in [4.69, 9.17) is 18.3 Å². The highest BCUT2D eigenvalue weighted by Gasteiger charge is 2.20. The molecule has 68 heavy (non-hydrogen) atoms. The molecule has 0 saturated heterocycles. The van der Waals surface area contributed by atoms with Gasteiger partial charge in [-0.25, -0.2) is 0 Å². The average molecular weight is 877 g/mol. The lowest BCUT2D eigenvalue weighted by Gasteiger charge is -2.26. The van der Waals surface area contributed by atoms with Crippen LogP contribution in [0.25, 0.3) is 65.4 Å². The Bertz CT molecular complexity index is 3690. The van der Waals surface area contributed by atoms with Crippen LogP contribution in [0.4, 0.5) is 34.1 Å². The summed E-state index contributed by atoms with van der Waals surface area (Å²) in [5.74, 6) is 3.16. The number of hydrogen-bond acceptors (Lipinski definition) is 6. The molecule has 0 amide bonds. The molecule has 0 radical (unpaired) electrons. The largest absolute Gasteiger partial charge is 0.457 e. The van der Waals surface area contributed by atoms with E-state index in [2.05, 4.69) is 155 Å². The topological polar surface area (TPSA) is 51.2 Å². The molecule has 13 aromatic rings. The van der Waals surface area contributed by atoms with Gasteiger partial charge in [0, 0.05) is 72.5 Å². The van der Waals surface area contributed by atoms with Crippen molar-refractivity contribution in [2.24, 2.45) is 0 Å². The Morgan fingerprint density at radius 2 is 0.588 bits per heavy atom. The highest BCUT2D eigenvalue weighted by molar-refractivity contribution is 6.22. The predicted octanol–water partition coefficient (Wildman–Crippen LogP) is 18.3. The van der Waals surface area contributed by atoms with E-state index in [1.54, 1.807) is 0 Å². The Morgan fingerprint density at radius 1 is 0.250 bits per heavy atom. The van der Waals surface area contributed by atoms with Crippen LogP contribution in [0.2, 0.25) is 0 Å². The highest BCUT2D eigenvalue weighted by Crippen LogP contribution is 2.44. The summed E-state index contributed by atoms with van der Waals surface area (Å²) in [6, 6.07) is 83.2. The maximum Gasteiger partial charge on any atom is 0.143 e. The minimum absolute atomic E-state index is 0.779. The van der Waals surface area contributed by atoms with Crippen molar-refractivity contribution in [3.8, 4) is 23.0 Å². The number of fused-ring (bicyclic) bond motifs is 10. The molecular weight excluding hydrogens is 837 g/mol. The fraction of sp³-hybridized carbons (Fsp3) is 0. The maximum atomic E-state index is 6.75. The van der Waals surface area contributed by atoms with Crippen molar-refractivity contribution in [3.05, 3.63) is 243 Å². The summed E-state index contributed by atoms with van der Waals surface area (Å²) in [7, 11) is 0. The van der Waals surface area contributed by atoms with E-state index in [1.165, 1.54) is 0 Å². The summed E-state index contributed by atoms with van der Waals surface area (Å²) >= 11 is 0. The van der Waals surface area contributed by atoms with Gasteiger partial charge >= 0.3 is 0 Å². The van der Waals surface area contributed by atoms with Crippen molar-refractivity contribution in [2.75, 3.05) is 9.80 Å². The normalized spacial score (nSPS) is 11.5. The van der Waals surface area contributed by atoms with Gasteiger partial charge in [-0.05, 0) is 162 Å². The molecule has 0 bridgehead atoms. The van der Waals surface area contributed by atoms with Gasteiger partial charge in [0.15, 0.2) is 0 Å². The molecule has 13 rings (SSSR count). The van der Waals surface area contributed by atoms with Crippen molar-refractivity contribution < 1.29 is 18.3 Å².